The summed E-state index contributed by atoms with van der Waals surface area (Å²) >= 11 is 6.65. The van der Waals surface area contributed by atoms with Crippen molar-refractivity contribution in [2.24, 2.45) is 0 Å². The van der Waals surface area contributed by atoms with E-state index in [0.717, 1.165) is 34.4 Å². The number of rotatable bonds is 5. The van der Waals surface area contributed by atoms with Gasteiger partial charge in [0, 0.05) is 36.1 Å². The molecule has 1 saturated carbocycles. The van der Waals surface area contributed by atoms with E-state index in [-0.39, 0.29) is 28.1 Å². The van der Waals surface area contributed by atoms with Gasteiger partial charge in [0.1, 0.15) is 15.6 Å². The summed E-state index contributed by atoms with van der Waals surface area (Å²) in [6, 6.07) is 11.4. The van der Waals surface area contributed by atoms with Crippen LogP contribution in [-0.2, 0) is 9.84 Å². The molecular weight excluding hydrogens is 558 g/mol. The van der Waals surface area contributed by atoms with E-state index in [9.17, 15) is 13.2 Å². The highest BCUT2D eigenvalue weighted by Crippen LogP contribution is 2.56. The van der Waals surface area contributed by atoms with Gasteiger partial charge in [-0.1, -0.05) is 23.7 Å². The Morgan fingerprint density at radius 3 is 2.52 bits per heavy atom. The molecule has 4 aromatic heterocycles. The number of halogens is 3. The molecule has 0 radical (unpaired) electrons. The number of aromatic nitrogens is 4. The van der Waals surface area contributed by atoms with Crippen LogP contribution in [0.4, 0.5) is 8.78 Å². The summed E-state index contributed by atoms with van der Waals surface area (Å²) in [5.41, 5.74) is 2.10. The lowest BCUT2D eigenvalue weighted by molar-refractivity contribution is 0.569. The lowest BCUT2D eigenvalue weighted by atomic mass is 10.0. The predicted molar refractivity (Wildman–Crippen MR) is 148 cm³/mol. The molecule has 4 heterocycles. The van der Waals surface area contributed by atoms with E-state index in [0.29, 0.717) is 16.8 Å². The average Bonchev–Trinajstić information content (AvgIpc) is 3.54. The Bertz CT molecular complexity index is 2020. The van der Waals surface area contributed by atoms with Gasteiger partial charge in [-0.05, 0) is 79.1 Å². The number of benzene rings is 1. The second kappa shape index (κ2) is 9.35. The van der Waals surface area contributed by atoms with Gasteiger partial charge in [0.2, 0.25) is 0 Å². The Morgan fingerprint density at radius 2 is 1.77 bits per heavy atom. The highest BCUT2D eigenvalue weighted by Gasteiger charge is 2.42. The minimum absolute atomic E-state index is 0.0130. The van der Waals surface area contributed by atoms with Crippen LogP contribution < -0.4 is 5.56 Å². The molecule has 0 aliphatic heterocycles. The molecule has 0 amide bonds. The van der Waals surface area contributed by atoms with Gasteiger partial charge in [-0.15, -0.1) is 0 Å². The maximum atomic E-state index is 16.1. The predicted octanol–water partition coefficient (Wildman–Crippen LogP) is 5.77. The minimum Gasteiger partial charge on any atom is -0.277 e. The van der Waals surface area contributed by atoms with Gasteiger partial charge in [0.15, 0.2) is 21.5 Å². The fourth-order valence-electron chi connectivity index (χ4n) is 5.46. The van der Waals surface area contributed by atoms with E-state index >= 15 is 8.78 Å². The molecule has 0 unspecified atom stereocenters. The van der Waals surface area contributed by atoms with Crippen LogP contribution >= 0.6 is 11.6 Å². The monoisotopic (exact) mass is 580 g/mol. The van der Waals surface area contributed by atoms with E-state index < -0.39 is 37.6 Å². The molecule has 6 rings (SSSR count). The third-order valence-corrected chi connectivity index (χ3v) is 8.93. The highest BCUT2D eigenvalue weighted by atomic mass is 35.5. The quantitative estimate of drug-likeness (QED) is 0.263. The number of hydrogen-bond acceptors (Lipinski definition) is 5. The molecule has 1 fully saturated rings. The number of nitrogens with zero attached hydrogens (tertiary/aromatic N) is 4. The average molecular weight is 581 g/mol. The van der Waals surface area contributed by atoms with Crippen molar-refractivity contribution in [2.45, 2.75) is 37.0 Å². The Kier molecular flexibility index (Phi) is 6.15. The first-order valence-electron chi connectivity index (χ1n) is 12.5. The number of aryl methyl sites for hydroxylation is 2. The second-order valence-corrected chi connectivity index (χ2v) is 12.5. The smallest absolute Gasteiger partial charge is 0.274 e. The van der Waals surface area contributed by atoms with Crippen LogP contribution in [0, 0.1) is 25.5 Å². The maximum absolute atomic E-state index is 16.1. The molecule has 5 aromatic rings. The zero-order valence-electron chi connectivity index (χ0n) is 21.7. The van der Waals surface area contributed by atoms with Crippen LogP contribution in [-0.4, -0.2) is 33.8 Å². The van der Waals surface area contributed by atoms with Crippen LogP contribution in [0.1, 0.15) is 40.6 Å². The van der Waals surface area contributed by atoms with Gasteiger partial charge in [0.05, 0.1) is 11.2 Å². The molecule has 40 heavy (non-hydrogen) atoms. The summed E-state index contributed by atoms with van der Waals surface area (Å²) in [6.07, 6.45) is 6.59. The summed E-state index contributed by atoms with van der Waals surface area (Å²) in [6.45, 7) is 3.26. The van der Waals surface area contributed by atoms with Crippen LogP contribution in [0.3, 0.4) is 0 Å². The summed E-state index contributed by atoms with van der Waals surface area (Å²) in [5, 5.41) is 4.28. The van der Waals surface area contributed by atoms with E-state index in [1.165, 1.54) is 18.3 Å². The molecular formula is C29H23ClF2N4O3S. The number of pyridine rings is 3. The van der Waals surface area contributed by atoms with Crippen LogP contribution in [0.2, 0.25) is 5.02 Å². The van der Waals surface area contributed by atoms with Crippen LogP contribution in [0.5, 0.6) is 0 Å². The Balaban J connectivity index is 1.45. The van der Waals surface area contributed by atoms with Crippen molar-refractivity contribution in [3.05, 3.63) is 110 Å². The molecule has 11 heteroatoms. The first kappa shape index (κ1) is 26.3. The van der Waals surface area contributed by atoms with Gasteiger partial charge in [-0.25, -0.2) is 21.7 Å². The molecule has 1 aliphatic carbocycles. The molecule has 1 aromatic carbocycles. The van der Waals surface area contributed by atoms with Crippen LogP contribution in [0.25, 0.3) is 22.5 Å². The van der Waals surface area contributed by atoms with Crippen molar-refractivity contribution >= 4 is 27.0 Å². The van der Waals surface area contributed by atoms with Gasteiger partial charge >= 0.3 is 0 Å². The Labute approximate surface area is 233 Å². The Morgan fingerprint density at radius 1 is 1.02 bits per heavy atom. The summed E-state index contributed by atoms with van der Waals surface area (Å²) in [7, 11) is -3.91. The van der Waals surface area contributed by atoms with Crippen LogP contribution in [0.15, 0.2) is 70.7 Å². The van der Waals surface area contributed by atoms with Crippen molar-refractivity contribution in [2.75, 3.05) is 6.26 Å². The summed E-state index contributed by atoms with van der Waals surface area (Å²) < 4.78 is 58.3. The first-order chi connectivity index (χ1) is 19.0. The summed E-state index contributed by atoms with van der Waals surface area (Å²) in [4.78, 5) is 17.1. The molecule has 0 saturated heterocycles. The lowest BCUT2D eigenvalue weighted by Gasteiger charge is -2.18. The van der Waals surface area contributed by atoms with E-state index in [1.54, 1.807) is 30.6 Å². The molecule has 2 atom stereocenters. The number of sulfone groups is 1. The van der Waals surface area contributed by atoms with Gasteiger partial charge in [-0.2, -0.15) is 5.10 Å². The minimum atomic E-state index is -3.91. The van der Waals surface area contributed by atoms with Gasteiger partial charge < -0.3 is 0 Å². The Hall–Kier alpha value is -3.89. The van der Waals surface area contributed by atoms with E-state index in [4.69, 9.17) is 11.6 Å². The SMILES string of the molecule is Cc1cnc(-c2cccc(S(C)(=O)=O)c2F)c(F)c1-n1c(C)cc([C@H]2C[C@@H]2c2cccn3nccc23)c(Cl)c1=O. The standard InChI is InChI=1S/C29H23ClF2N4O3S/c1-15-14-33-27(18-6-4-8-23(25(18)31)40(3,38)39)26(32)28(15)36-16(2)12-21(24(30)29(36)37)20-13-19(20)17-7-5-11-35-22(17)9-10-34-35/h4-12,14,19-20H,13H2,1-3H3/t19-,20+/m1/s1. The fraction of sp³-hybridized carbons (Fsp3) is 0.207. The topological polar surface area (TPSA) is 86.3 Å². The molecule has 7 nitrogen and oxygen atoms in total. The van der Waals surface area contributed by atoms with E-state index in [1.807, 2.05) is 24.4 Å². The highest BCUT2D eigenvalue weighted by molar-refractivity contribution is 7.90. The van der Waals surface area contributed by atoms with Crippen molar-refractivity contribution in [3.8, 4) is 16.9 Å². The maximum Gasteiger partial charge on any atom is 0.274 e. The number of fused-ring (bicyclic) bond motifs is 1. The lowest BCUT2D eigenvalue weighted by Crippen LogP contribution is -2.24. The van der Waals surface area contributed by atoms with Crippen molar-refractivity contribution in [3.63, 3.8) is 0 Å². The zero-order valence-corrected chi connectivity index (χ0v) is 23.3. The first-order valence-corrected chi connectivity index (χ1v) is 14.7. The second-order valence-electron chi connectivity index (χ2n) is 10.1. The van der Waals surface area contributed by atoms with Crippen molar-refractivity contribution < 1.29 is 17.2 Å². The molecule has 0 spiro atoms. The molecule has 0 N–H and O–H groups in total. The van der Waals surface area contributed by atoms with Gasteiger partial charge in [-0.3, -0.25) is 14.3 Å². The fourth-order valence-corrected chi connectivity index (χ4v) is 6.50. The third-order valence-electron chi connectivity index (χ3n) is 7.44. The summed E-state index contributed by atoms with van der Waals surface area (Å²) in [5.74, 6) is -1.91. The van der Waals surface area contributed by atoms with E-state index in [2.05, 4.69) is 10.1 Å². The van der Waals surface area contributed by atoms with Gasteiger partial charge in [0.25, 0.3) is 5.56 Å². The molecule has 1 aliphatic rings. The van der Waals surface area contributed by atoms with Crippen molar-refractivity contribution in [1.82, 2.24) is 19.2 Å². The largest absolute Gasteiger partial charge is 0.277 e. The molecule has 204 valence electrons. The molecule has 0 bridgehead atoms. The third kappa shape index (κ3) is 4.13. The normalized spacial score (nSPS) is 16.9. The zero-order chi connectivity index (χ0) is 28.5. The number of hydrogen-bond donors (Lipinski definition) is 0. The van der Waals surface area contributed by atoms with Crippen molar-refractivity contribution in [1.29, 1.82) is 0 Å².